The van der Waals surface area contributed by atoms with Crippen molar-refractivity contribution in [1.29, 1.82) is 0 Å². The first-order chi connectivity index (χ1) is 17.8. The molecule has 3 amide bonds. The first-order valence-electron chi connectivity index (χ1n) is 12.8. The van der Waals surface area contributed by atoms with Crippen LogP contribution in [0, 0.1) is 11.8 Å². The number of fused-ring (bicyclic) bond motifs is 1. The number of nitrogens with one attached hydrogen (secondary N) is 2. The van der Waals surface area contributed by atoms with Gasteiger partial charge in [-0.3, -0.25) is 14.4 Å². The molecule has 3 heterocycles. The lowest BCUT2D eigenvalue weighted by molar-refractivity contribution is -0.144. The van der Waals surface area contributed by atoms with Gasteiger partial charge in [-0.1, -0.05) is 41.9 Å². The first kappa shape index (κ1) is 25.7. The van der Waals surface area contributed by atoms with Crippen LogP contribution in [0.25, 0.3) is 0 Å². The minimum Gasteiger partial charge on any atom is -0.396 e. The maximum Gasteiger partial charge on any atom is 0.250 e. The van der Waals surface area contributed by atoms with Gasteiger partial charge in [0, 0.05) is 30.4 Å². The number of nitrogens with zero attached hydrogens (tertiary/aromatic N) is 1. The first-order valence-corrected chi connectivity index (χ1v) is 13.2. The third kappa shape index (κ3) is 4.51. The molecule has 3 aliphatic rings. The fraction of sp³-hybridized carbons (Fsp3) is 0.464. The molecule has 3 saturated heterocycles. The number of ether oxygens (including phenoxy) is 1. The van der Waals surface area contributed by atoms with Gasteiger partial charge in [-0.05, 0) is 62.4 Å². The minimum absolute atomic E-state index is 0.00265. The molecule has 2 aromatic rings. The molecule has 3 aliphatic heterocycles. The molecule has 0 aliphatic carbocycles. The minimum atomic E-state index is -1.09. The van der Waals surface area contributed by atoms with Crippen LogP contribution in [0.4, 0.5) is 5.69 Å². The molecule has 5 rings (SSSR count). The van der Waals surface area contributed by atoms with Gasteiger partial charge in [-0.25, -0.2) is 0 Å². The van der Waals surface area contributed by atoms with Crippen LogP contribution in [0.2, 0.25) is 5.02 Å². The Kier molecular flexibility index (Phi) is 7.00. The van der Waals surface area contributed by atoms with Crippen LogP contribution < -0.4 is 10.6 Å². The maximum atomic E-state index is 13.9. The van der Waals surface area contributed by atoms with E-state index in [9.17, 15) is 19.5 Å². The van der Waals surface area contributed by atoms with Gasteiger partial charge in [0.1, 0.15) is 11.6 Å². The normalized spacial score (nSPS) is 29.9. The Morgan fingerprint density at radius 3 is 2.51 bits per heavy atom. The van der Waals surface area contributed by atoms with Crippen LogP contribution in [-0.4, -0.2) is 58.1 Å². The van der Waals surface area contributed by atoms with Gasteiger partial charge in [-0.2, -0.15) is 0 Å². The zero-order valence-corrected chi connectivity index (χ0v) is 21.5. The summed E-state index contributed by atoms with van der Waals surface area (Å²) in [6, 6.07) is 15.5. The van der Waals surface area contributed by atoms with E-state index in [4.69, 9.17) is 16.3 Å². The SMILES string of the molecule is C[C@]12CCC3(O1)C(C(=O)Nc1ccc(Cl)cc1)N(CCCCO)C(=O)[C@@H]3[C@H]2C(=O)NCc1ccccc1. The summed E-state index contributed by atoms with van der Waals surface area (Å²) >= 11 is 5.99. The Morgan fingerprint density at radius 1 is 1.08 bits per heavy atom. The highest BCUT2D eigenvalue weighted by Gasteiger charge is 2.77. The number of aliphatic hydroxyl groups is 1. The fourth-order valence-corrected chi connectivity index (χ4v) is 6.53. The average Bonchev–Trinajstić information content (AvgIpc) is 3.45. The zero-order valence-electron chi connectivity index (χ0n) is 20.8. The summed E-state index contributed by atoms with van der Waals surface area (Å²) < 4.78 is 6.60. The van der Waals surface area contributed by atoms with E-state index >= 15 is 0 Å². The highest BCUT2D eigenvalue weighted by molar-refractivity contribution is 6.30. The molecular formula is C28H32ClN3O5. The van der Waals surface area contributed by atoms with Crippen LogP contribution in [-0.2, 0) is 25.7 Å². The Morgan fingerprint density at radius 2 is 1.81 bits per heavy atom. The number of aliphatic hydroxyl groups excluding tert-OH is 1. The van der Waals surface area contributed by atoms with Crippen molar-refractivity contribution in [3.8, 4) is 0 Å². The van der Waals surface area contributed by atoms with Gasteiger partial charge in [0.15, 0.2) is 0 Å². The van der Waals surface area contributed by atoms with E-state index in [1.165, 1.54) is 0 Å². The molecule has 3 fully saturated rings. The average molecular weight is 526 g/mol. The fourth-order valence-electron chi connectivity index (χ4n) is 6.40. The topological polar surface area (TPSA) is 108 Å². The van der Waals surface area contributed by atoms with E-state index in [1.807, 2.05) is 37.3 Å². The second-order valence-corrected chi connectivity index (χ2v) is 10.8. The van der Waals surface area contributed by atoms with Crippen molar-refractivity contribution in [2.75, 3.05) is 18.5 Å². The molecule has 0 aromatic heterocycles. The van der Waals surface area contributed by atoms with Gasteiger partial charge < -0.3 is 25.4 Å². The van der Waals surface area contributed by atoms with Gasteiger partial charge in [0.05, 0.1) is 17.4 Å². The second-order valence-electron chi connectivity index (χ2n) is 10.4. The lowest BCUT2D eigenvalue weighted by atomic mass is 9.66. The number of carbonyl (C=O) groups excluding carboxylic acids is 3. The number of hydrogen-bond donors (Lipinski definition) is 3. The Bertz CT molecular complexity index is 1180. The van der Waals surface area contributed by atoms with Crippen LogP contribution in [0.3, 0.4) is 0 Å². The van der Waals surface area contributed by atoms with Crippen molar-refractivity contribution >= 4 is 35.0 Å². The van der Waals surface area contributed by atoms with Crippen LogP contribution in [0.15, 0.2) is 54.6 Å². The van der Waals surface area contributed by atoms with Crippen molar-refractivity contribution in [3.05, 3.63) is 65.2 Å². The summed E-state index contributed by atoms with van der Waals surface area (Å²) in [4.78, 5) is 42.8. The standard InChI is InChI=1S/C28H32ClN3O5/c1-27-13-14-28(37-27)22(21(27)24(34)30-17-18-7-3-2-4-8-18)26(36)32(15-5-6-16-33)23(28)25(35)31-20-11-9-19(29)10-12-20/h2-4,7-12,21-23,33H,5-6,13-17H2,1H3,(H,30,34)(H,31,35)/t21-,22-,23?,27+,28?/m0/s1. The molecule has 37 heavy (non-hydrogen) atoms. The van der Waals surface area contributed by atoms with E-state index in [2.05, 4.69) is 10.6 Å². The van der Waals surface area contributed by atoms with E-state index < -0.39 is 29.1 Å². The summed E-state index contributed by atoms with van der Waals surface area (Å²) in [6.07, 6.45) is 2.14. The number of benzene rings is 2. The van der Waals surface area contributed by atoms with E-state index in [1.54, 1.807) is 29.2 Å². The third-order valence-corrected chi connectivity index (χ3v) is 8.29. The lowest BCUT2D eigenvalue weighted by Crippen LogP contribution is -2.53. The number of halogens is 1. The van der Waals surface area contributed by atoms with E-state index in [0.29, 0.717) is 49.5 Å². The maximum absolute atomic E-state index is 13.9. The van der Waals surface area contributed by atoms with Crippen molar-refractivity contribution in [1.82, 2.24) is 10.2 Å². The molecule has 2 aromatic carbocycles. The highest BCUT2D eigenvalue weighted by atomic mass is 35.5. The van der Waals surface area contributed by atoms with Crippen LogP contribution in [0.1, 0.15) is 38.2 Å². The van der Waals surface area contributed by atoms with Crippen LogP contribution >= 0.6 is 11.6 Å². The molecule has 0 radical (unpaired) electrons. The predicted molar refractivity (Wildman–Crippen MR) is 139 cm³/mol. The molecule has 5 atom stereocenters. The van der Waals surface area contributed by atoms with Gasteiger partial charge in [0.25, 0.3) is 0 Å². The number of amides is 3. The van der Waals surface area contributed by atoms with Crippen molar-refractivity contribution in [2.24, 2.45) is 11.8 Å². The molecular weight excluding hydrogens is 494 g/mol. The molecule has 8 nitrogen and oxygen atoms in total. The molecule has 9 heteroatoms. The van der Waals surface area contributed by atoms with E-state index in [-0.39, 0.29) is 24.3 Å². The summed E-state index contributed by atoms with van der Waals surface area (Å²) in [7, 11) is 0. The quantitative estimate of drug-likeness (QED) is 0.436. The number of anilines is 1. The van der Waals surface area contributed by atoms with Crippen LogP contribution in [0.5, 0.6) is 0 Å². The third-order valence-electron chi connectivity index (χ3n) is 8.04. The highest BCUT2D eigenvalue weighted by Crippen LogP contribution is 2.63. The molecule has 1 spiro atoms. The summed E-state index contributed by atoms with van der Waals surface area (Å²) in [6.45, 7) is 2.53. The Balaban J connectivity index is 1.43. The van der Waals surface area contributed by atoms with E-state index in [0.717, 1.165) is 5.56 Å². The number of rotatable bonds is 9. The predicted octanol–water partition coefficient (Wildman–Crippen LogP) is 3.13. The molecule has 0 saturated carbocycles. The molecule has 196 valence electrons. The molecule has 2 bridgehead atoms. The van der Waals surface area contributed by atoms with Crippen molar-refractivity contribution in [2.45, 2.75) is 56.4 Å². The van der Waals surface area contributed by atoms with Gasteiger partial charge >= 0.3 is 0 Å². The Hall–Kier alpha value is -2.94. The van der Waals surface area contributed by atoms with Crippen molar-refractivity contribution in [3.63, 3.8) is 0 Å². The largest absolute Gasteiger partial charge is 0.396 e. The summed E-state index contributed by atoms with van der Waals surface area (Å²) in [5, 5.41) is 15.8. The van der Waals surface area contributed by atoms with Gasteiger partial charge in [-0.15, -0.1) is 0 Å². The lowest BCUT2D eigenvalue weighted by Gasteiger charge is -2.33. The monoisotopic (exact) mass is 525 g/mol. The molecule has 3 N–H and O–H groups in total. The Labute approximate surface area is 221 Å². The second kappa shape index (κ2) is 10.1. The number of carbonyl (C=O) groups is 3. The van der Waals surface area contributed by atoms with Crippen molar-refractivity contribution < 1.29 is 24.2 Å². The summed E-state index contributed by atoms with van der Waals surface area (Å²) in [5.41, 5.74) is -0.399. The number of likely N-dealkylation sites (tertiary alicyclic amines) is 1. The summed E-state index contributed by atoms with van der Waals surface area (Å²) in [5.74, 6) is -2.28. The number of hydrogen-bond acceptors (Lipinski definition) is 5. The zero-order chi connectivity index (χ0) is 26.2. The smallest absolute Gasteiger partial charge is 0.250 e. The molecule has 2 unspecified atom stereocenters. The number of unbranched alkanes of at least 4 members (excludes halogenated alkanes) is 1. The van der Waals surface area contributed by atoms with Gasteiger partial charge in [0.2, 0.25) is 17.7 Å².